The normalized spacial score (nSPS) is 10.4. The molecule has 0 spiro atoms. The van der Waals surface area contributed by atoms with E-state index in [-0.39, 0.29) is 0 Å². The van der Waals surface area contributed by atoms with Gasteiger partial charge < -0.3 is 10.1 Å². The van der Waals surface area contributed by atoms with Gasteiger partial charge in [0.25, 0.3) is 0 Å². The lowest BCUT2D eigenvalue weighted by Crippen LogP contribution is -2.15. The number of ether oxygens (including phenoxy) is 1. The van der Waals surface area contributed by atoms with E-state index in [4.69, 9.17) is 4.74 Å². The highest BCUT2D eigenvalue weighted by Gasteiger charge is 1.94. The molecule has 0 atom stereocenters. The van der Waals surface area contributed by atoms with Crippen molar-refractivity contribution < 1.29 is 4.74 Å². The maximum atomic E-state index is 5.69. The number of nitrogens with one attached hydrogen (secondary N) is 1. The third kappa shape index (κ3) is 5.41. The lowest BCUT2D eigenvalue weighted by molar-refractivity contribution is 0.305. The molecule has 1 heterocycles. The van der Waals surface area contributed by atoms with Crippen LogP contribution in [0.3, 0.4) is 0 Å². The molecule has 2 aromatic rings. The average Bonchev–Trinajstić information content (AvgIpc) is 2.49. The van der Waals surface area contributed by atoms with Crippen LogP contribution in [-0.4, -0.2) is 18.1 Å². The van der Waals surface area contributed by atoms with E-state index in [0.29, 0.717) is 0 Å². The van der Waals surface area contributed by atoms with Crippen LogP contribution in [-0.2, 0) is 6.54 Å². The lowest BCUT2D eigenvalue weighted by Gasteiger charge is -2.07. The van der Waals surface area contributed by atoms with Gasteiger partial charge in [-0.2, -0.15) is 0 Å². The number of hydrogen-bond acceptors (Lipinski definition) is 3. The van der Waals surface area contributed by atoms with Gasteiger partial charge in [-0.3, -0.25) is 4.98 Å². The zero-order valence-corrected chi connectivity index (χ0v) is 12.0. The van der Waals surface area contributed by atoms with E-state index in [1.165, 1.54) is 11.1 Å². The van der Waals surface area contributed by atoms with Gasteiger partial charge in [0.05, 0.1) is 6.61 Å². The van der Waals surface area contributed by atoms with Crippen molar-refractivity contribution in [2.75, 3.05) is 13.2 Å². The van der Waals surface area contributed by atoms with Crippen molar-refractivity contribution in [3.05, 3.63) is 59.9 Å². The Hall–Kier alpha value is -1.87. The third-order valence-electron chi connectivity index (χ3n) is 3.12. The first-order valence-electron chi connectivity index (χ1n) is 7.14. The second-order valence-electron chi connectivity index (χ2n) is 4.90. The molecular weight excluding hydrogens is 248 g/mol. The predicted octanol–water partition coefficient (Wildman–Crippen LogP) is 3.34. The summed E-state index contributed by atoms with van der Waals surface area (Å²) in [4.78, 5) is 4.00. The predicted molar refractivity (Wildman–Crippen MR) is 81.9 cm³/mol. The molecule has 0 aliphatic heterocycles. The van der Waals surface area contributed by atoms with Crippen molar-refractivity contribution in [1.29, 1.82) is 0 Å². The molecule has 0 aliphatic rings. The summed E-state index contributed by atoms with van der Waals surface area (Å²) >= 11 is 0. The van der Waals surface area contributed by atoms with Crippen LogP contribution in [0.25, 0.3) is 0 Å². The number of aryl methyl sites for hydroxylation is 1. The first-order chi connectivity index (χ1) is 9.84. The fraction of sp³-hybridized carbons (Fsp3) is 0.353. The molecule has 0 aliphatic carbocycles. The van der Waals surface area contributed by atoms with E-state index in [2.05, 4.69) is 29.4 Å². The van der Waals surface area contributed by atoms with E-state index in [1.54, 1.807) is 0 Å². The molecule has 0 saturated carbocycles. The minimum atomic E-state index is 0.778. The minimum absolute atomic E-state index is 0.778. The quantitative estimate of drug-likeness (QED) is 0.747. The number of pyridine rings is 1. The number of hydrogen-bond donors (Lipinski definition) is 1. The summed E-state index contributed by atoms with van der Waals surface area (Å²) in [5.41, 5.74) is 2.54. The first kappa shape index (κ1) is 14.5. The average molecular weight is 270 g/mol. The molecule has 0 unspecified atom stereocenters. The molecule has 1 aromatic carbocycles. The fourth-order valence-electron chi connectivity index (χ4n) is 1.91. The van der Waals surface area contributed by atoms with Crippen molar-refractivity contribution in [2.45, 2.75) is 26.3 Å². The maximum absolute atomic E-state index is 5.69. The van der Waals surface area contributed by atoms with Crippen molar-refractivity contribution >= 4 is 0 Å². The summed E-state index contributed by atoms with van der Waals surface area (Å²) < 4.78 is 5.69. The zero-order valence-electron chi connectivity index (χ0n) is 12.0. The van der Waals surface area contributed by atoms with E-state index >= 15 is 0 Å². The highest BCUT2D eigenvalue weighted by Crippen LogP contribution is 2.11. The van der Waals surface area contributed by atoms with Crippen LogP contribution in [0.5, 0.6) is 5.75 Å². The topological polar surface area (TPSA) is 34.1 Å². The smallest absolute Gasteiger partial charge is 0.119 e. The lowest BCUT2D eigenvalue weighted by atomic mass is 10.2. The van der Waals surface area contributed by atoms with Crippen LogP contribution >= 0.6 is 0 Å². The molecule has 3 heteroatoms. The SMILES string of the molecule is Cc1ccc(OCCCCNCc2ccncc2)cc1. The van der Waals surface area contributed by atoms with Gasteiger partial charge in [-0.05, 0) is 56.1 Å². The van der Waals surface area contributed by atoms with Crippen molar-refractivity contribution in [1.82, 2.24) is 10.3 Å². The molecular formula is C17H22N2O. The van der Waals surface area contributed by atoms with Crippen LogP contribution in [0.15, 0.2) is 48.8 Å². The first-order valence-corrected chi connectivity index (χ1v) is 7.14. The van der Waals surface area contributed by atoms with Gasteiger partial charge in [0.15, 0.2) is 0 Å². The van der Waals surface area contributed by atoms with Crippen molar-refractivity contribution in [3.8, 4) is 5.75 Å². The minimum Gasteiger partial charge on any atom is -0.494 e. The second-order valence-corrected chi connectivity index (χ2v) is 4.90. The molecule has 20 heavy (non-hydrogen) atoms. The molecule has 0 saturated heterocycles. The largest absolute Gasteiger partial charge is 0.494 e. The number of benzene rings is 1. The molecule has 0 fully saturated rings. The van der Waals surface area contributed by atoms with Crippen LogP contribution in [0.2, 0.25) is 0 Å². The summed E-state index contributed by atoms with van der Waals surface area (Å²) in [7, 11) is 0. The molecule has 3 nitrogen and oxygen atoms in total. The Kier molecular flexibility index (Phi) is 6.06. The van der Waals surface area contributed by atoms with Gasteiger partial charge in [-0.1, -0.05) is 17.7 Å². The molecule has 0 bridgehead atoms. The molecule has 1 aromatic heterocycles. The van der Waals surface area contributed by atoms with Gasteiger partial charge in [0.2, 0.25) is 0 Å². The number of unbranched alkanes of at least 4 members (excludes halogenated alkanes) is 1. The Labute approximate surface area is 121 Å². The van der Waals surface area contributed by atoms with Gasteiger partial charge in [-0.25, -0.2) is 0 Å². The maximum Gasteiger partial charge on any atom is 0.119 e. The summed E-state index contributed by atoms with van der Waals surface area (Å²) in [5, 5.41) is 3.42. The number of aromatic nitrogens is 1. The van der Waals surface area contributed by atoms with Gasteiger partial charge in [0, 0.05) is 18.9 Å². The monoisotopic (exact) mass is 270 g/mol. The highest BCUT2D eigenvalue weighted by atomic mass is 16.5. The molecule has 2 rings (SSSR count). The molecule has 0 radical (unpaired) electrons. The summed E-state index contributed by atoms with van der Waals surface area (Å²) in [6, 6.07) is 12.3. The standard InChI is InChI=1S/C17H22N2O/c1-15-4-6-17(7-5-15)20-13-3-2-10-19-14-16-8-11-18-12-9-16/h4-9,11-12,19H,2-3,10,13-14H2,1H3. The Morgan fingerprint density at radius 2 is 1.75 bits per heavy atom. The van der Waals surface area contributed by atoms with Gasteiger partial charge >= 0.3 is 0 Å². The van der Waals surface area contributed by atoms with Gasteiger partial charge in [-0.15, -0.1) is 0 Å². The molecule has 0 amide bonds. The number of nitrogens with zero attached hydrogens (tertiary/aromatic N) is 1. The van der Waals surface area contributed by atoms with E-state index in [9.17, 15) is 0 Å². The Balaban J connectivity index is 1.51. The van der Waals surface area contributed by atoms with Crippen LogP contribution < -0.4 is 10.1 Å². The fourth-order valence-corrected chi connectivity index (χ4v) is 1.91. The van der Waals surface area contributed by atoms with Crippen LogP contribution in [0, 0.1) is 6.92 Å². The Morgan fingerprint density at radius 3 is 2.50 bits per heavy atom. The summed E-state index contributed by atoms with van der Waals surface area (Å²) in [5.74, 6) is 0.959. The molecule has 1 N–H and O–H groups in total. The zero-order chi connectivity index (χ0) is 14.0. The second kappa shape index (κ2) is 8.33. The summed E-state index contributed by atoms with van der Waals surface area (Å²) in [6.45, 7) is 4.78. The highest BCUT2D eigenvalue weighted by molar-refractivity contribution is 5.26. The third-order valence-corrected chi connectivity index (χ3v) is 3.12. The van der Waals surface area contributed by atoms with Crippen molar-refractivity contribution in [2.24, 2.45) is 0 Å². The van der Waals surface area contributed by atoms with Crippen molar-refractivity contribution in [3.63, 3.8) is 0 Å². The molecule has 106 valence electrons. The van der Waals surface area contributed by atoms with Gasteiger partial charge in [0.1, 0.15) is 5.75 Å². The Bertz CT molecular complexity index is 482. The summed E-state index contributed by atoms with van der Waals surface area (Å²) in [6.07, 6.45) is 5.84. The number of rotatable bonds is 8. The van der Waals surface area contributed by atoms with E-state index < -0.39 is 0 Å². The van der Waals surface area contributed by atoms with E-state index in [1.807, 2.05) is 36.7 Å². The van der Waals surface area contributed by atoms with Crippen LogP contribution in [0.4, 0.5) is 0 Å². The van der Waals surface area contributed by atoms with E-state index in [0.717, 1.165) is 38.3 Å². The van der Waals surface area contributed by atoms with Crippen LogP contribution in [0.1, 0.15) is 24.0 Å². The Morgan fingerprint density at radius 1 is 1.00 bits per heavy atom.